The molecule has 0 aliphatic carbocycles. The topological polar surface area (TPSA) is 57.5 Å². The Morgan fingerprint density at radius 2 is 0.958 bits per heavy atom. The summed E-state index contributed by atoms with van der Waals surface area (Å²) in [5.41, 5.74) is 1.57. The van der Waals surface area contributed by atoms with Crippen LogP contribution in [0.2, 0.25) is 0 Å². The van der Waals surface area contributed by atoms with Crippen molar-refractivity contribution in [3.8, 4) is 0 Å². The summed E-state index contributed by atoms with van der Waals surface area (Å²) in [5.74, 6) is 0. The standard InChI is InChI=1S/C20H19O3P/c21-14-16-6-10-19(11-7-16)24(23,18-4-2-1-3-5-18)20-12-8-17(15-22)9-13-20/h1-13,21-22H,14-15H2. The van der Waals surface area contributed by atoms with Crippen LogP contribution in [0.15, 0.2) is 78.9 Å². The first kappa shape index (κ1) is 16.7. The Morgan fingerprint density at radius 1 is 0.583 bits per heavy atom. The molecule has 2 N–H and O–H groups in total. The molecule has 0 amide bonds. The molecule has 3 rings (SSSR count). The van der Waals surface area contributed by atoms with Crippen molar-refractivity contribution in [1.82, 2.24) is 0 Å². The van der Waals surface area contributed by atoms with E-state index in [1.807, 2.05) is 54.6 Å². The molecule has 0 aliphatic rings. The summed E-state index contributed by atoms with van der Waals surface area (Å²) in [6.45, 7) is -0.0811. The van der Waals surface area contributed by atoms with Crippen LogP contribution in [0, 0.1) is 0 Å². The molecule has 0 aromatic heterocycles. The van der Waals surface area contributed by atoms with Crippen molar-refractivity contribution in [3.63, 3.8) is 0 Å². The molecule has 4 heteroatoms. The SMILES string of the molecule is O=P(c1ccccc1)(c1ccc(CO)cc1)c1ccc(CO)cc1. The number of benzene rings is 3. The zero-order valence-corrected chi connectivity index (χ0v) is 14.1. The van der Waals surface area contributed by atoms with Crippen LogP contribution in [0.25, 0.3) is 0 Å². The van der Waals surface area contributed by atoms with E-state index in [1.165, 1.54) is 0 Å². The van der Waals surface area contributed by atoms with Crippen molar-refractivity contribution in [2.24, 2.45) is 0 Å². The van der Waals surface area contributed by atoms with Gasteiger partial charge in [0.15, 0.2) is 7.14 Å². The average molecular weight is 338 g/mol. The van der Waals surface area contributed by atoms with Crippen molar-refractivity contribution in [2.45, 2.75) is 13.2 Å². The molecule has 0 fully saturated rings. The van der Waals surface area contributed by atoms with Crippen LogP contribution in [0.1, 0.15) is 11.1 Å². The number of rotatable bonds is 5. The average Bonchev–Trinajstić information content (AvgIpc) is 2.68. The van der Waals surface area contributed by atoms with E-state index < -0.39 is 7.14 Å². The number of hydrogen-bond donors (Lipinski definition) is 2. The molecule has 3 aromatic rings. The van der Waals surface area contributed by atoms with Gasteiger partial charge in [0.1, 0.15) is 0 Å². The summed E-state index contributed by atoms with van der Waals surface area (Å²) in [7, 11) is -3.00. The fourth-order valence-corrected chi connectivity index (χ4v) is 5.33. The lowest BCUT2D eigenvalue weighted by molar-refractivity contribution is 0.281. The van der Waals surface area contributed by atoms with Crippen molar-refractivity contribution in [2.75, 3.05) is 0 Å². The highest BCUT2D eigenvalue weighted by atomic mass is 31.2. The molecule has 0 aliphatic heterocycles. The van der Waals surface area contributed by atoms with Gasteiger partial charge in [0.2, 0.25) is 0 Å². The van der Waals surface area contributed by atoms with Gasteiger partial charge in [0.05, 0.1) is 13.2 Å². The highest BCUT2D eigenvalue weighted by Crippen LogP contribution is 2.42. The lowest BCUT2D eigenvalue weighted by Crippen LogP contribution is -2.25. The first-order chi connectivity index (χ1) is 11.7. The molecule has 0 heterocycles. The second kappa shape index (κ2) is 7.14. The lowest BCUT2D eigenvalue weighted by atomic mass is 10.2. The Labute approximate surface area is 141 Å². The van der Waals surface area contributed by atoms with Gasteiger partial charge < -0.3 is 14.8 Å². The van der Waals surface area contributed by atoms with E-state index in [2.05, 4.69) is 0 Å². The third-order valence-corrected chi connectivity index (χ3v) is 7.16. The third kappa shape index (κ3) is 3.07. The monoisotopic (exact) mass is 338 g/mol. The molecule has 122 valence electrons. The largest absolute Gasteiger partial charge is 0.392 e. The van der Waals surface area contributed by atoms with E-state index in [4.69, 9.17) is 0 Å². The molecule has 0 saturated heterocycles. The Kier molecular flexibility index (Phi) is 4.96. The molecule has 0 atom stereocenters. The fourth-order valence-electron chi connectivity index (χ4n) is 2.71. The highest BCUT2D eigenvalue weighted by molar-refractivity contribution is 7.85. The maximum absolute atomic E-state index is 14.1. The molecular formula is C20H19O3P. The zero-order valence-electron chi connectivity index (χ0n) is 13.2. The maximum atomic E-state index is 14.1. The Hall–Kier alpha value is -2.19. The van der Waals surface area contributed by atoms with Crippen molar-refractivity contribution in [3.05, 3.63) is 90.0 Å². The maximum Gasteiger partial charge on any atom is 0.171 e. The second-order valence-corrected chi connectivity index (χ2v) is 8.36. The highest BCUT2D eigenvalue weighted by Gasteiger charge is 2.29. The molecule has 0 unspecified atom stereocenters. The zero-order chi connectivity index (χ0) is 17.0. The van der Waals surface area contributed by atoms with Crippen LogP contribution >= 0.6 is 7.14 Å². The van der Waals surface area contributed by atoms with Gasteiger partial charge in [-0.25, -0.2) is 0 Å². The van der Waals surface area contributed by atoms with Gasteiger partial charge in [-0.2, -0.15) is 0 Å². The van der Waals surface area contributed by atoms with Gasteiger partial charge in [-0.1, -0.05) is 78.9 Å². The first-order valence-corrected chi connectivity index (χ1v) is 9.45. The van der Waals surface area contributed by atoms with Crippen molar-refractivity contribution < 1.29 is 14.8 Å². The van der Waals surface area contributed by atoms with Gasteiger partial charge in [-0.3, -0.25) is 0 Å². The number of hydrogen-bond acceptors (Lipinski definition) is 3. The molecule has 0 radical (unpaired) electrons. The van der Waals surface area contributed by atoms with E-state index in [0.717, 1.165) is 27.0 Å². The van der Waals surface area contributed by atoms with E-state index >= 15 is 0 Å². The summed E-state index contributed by atoms with van der Waals surface area (Å²) < 4.78 is 14.1. The Morgan fingerprint density at radius 3 is 1.33 bits per heavy atom. The van der Waals surface area contributed by atoms with Crippen molar-refractivity contribution in [1.29, 1.82) is 0 Å². The predicted molar refractivity (Wildman–Crippen MR) is 97.7 cm³/mol. The van der Waals surface area contributed by atoms with Crippen molar-refractivity contribution >= 4 is 23.1 Å². The molecule has 3 nitrogen and oxygen atoms in total. The molecular weight excluding hydrogens is 319 g/mol. The lowest BCUT2D eigenvalue weighted by Gasteiger charge is -2.20. The van der Waals surface area contributed by atoms with Crippen LogP contribution in [0.4, 0.5) is 0 Å². The molecule has 0 spiro atoms. The van der Waals surface area contributed by atoms with Crippen LogP contribution in [-0.4, -0.2) is 10.2 Å². The first-order valence-electron chi connectivity index (χ1n) is 7.75. The minimum Gasteiger partial charge on any atom is -0.392 e. The van der Waals surface area contributed by atoms with Gasteiger partial charge in [0, 0.05) is 15.9 Å². The normalized spacial score (nSPS) is 11.4. The molecule has 3 aromatic carbocycles. The summed E-state index contributed by atoms with van der Waals surface area (Å²) in [5, 5.41) is 20.7. The smallest absolute Gasteiger partial charge is 0.171 e. The summed E-state index contributed by atoms with van der Waals surface area (Å²) in [6, 6.07) is 23.9. The quantitative estimate of drug-likeness (QED) is 0.702. The number of aliphatic hydroxyl groups is 2. The van der Waals surface area contributed by atoms with Gasteiger partial charge in [-0.15, -0.1) is 0 Å². The van der Waals surface area contributed by atoms with Crippen LogP contribution < -0.4 is 15.9 Å². The predicted octanol–water partition coefficient (Wildman–Crippen LogP) is 2.31. The van der Waals surface area contributed by atoms with Crippen LogP contribution in [0.5, 0.6) is 0 Å². The Balaban J connectivity index is 2.18. The summed E-state index contributed by atoms with van der Waals surface area (Å²) in [4.78, 5) is 0. The van der Waals surface area contributed by atoms with Gasteiger partial charge in [0.25, 0.3) is 0 Å². The van der Waals surface area contributed by atoms with Crippen LogP contribution in [0.3, 0.4) is 0 Å². The van der Waals surface area contributed by atoms with Gasteiger partial charge >= 0.3 is 0 Å². The van der Waals surface area contributed by atoms with Crippen LogP contribution in [-0.2, 0) is 17.8 Å². The molecule has 24 heavy (non-hydrogen) atoms. The van der Waals surface area contributed by atoms with E-state index in [9.17, 15) is 14.8 Å². The summed E-state index contributed by atoms with van der Waals surface area (Å²) >= 11 is 0. The number of aliphatic hydroxyl groups excluding tert-OH is 2. The molecule has 0 bridgehead atoms. The van der Waals surface area contributed by atoms with Gasteiger partial charge in [-0.05, 0) is 11.1 Å². The fraction of sp³-hybridized carbons (Fsp3) is 0.100. The minimum absolute atomic E-state index is 0.0406. The van der Waals surface area contributed by atoms with E-state index in [1.54, 1.807) is 24.3 Å². The third-order valence-electron chi connectivity index (χ3n) is 4.08. The van der Waals surface area contributed by atoms with E-state index in [0.29, 0.717) is 0 Å². The van der Waals surface area contributed by atoms with E-state index in [-0.39, 0.29) is 13.2 Å². The second-order valence-electron chi connectivity index (χ2n) is 5.59. The Bertz CT molecular complexity index is 789. The summed E-state index contributed by atoms with van der Waals surface area (Å²) in [6.07, 6.45) is 0. The molecule has 0 saturated carbocycles. The minimum atomic E-state index is -3.00.